The zero-order valence-corrected chi connectivity index (χ0v) is 12.6. The molecular weight excluding hydrogens is 250 g/mol. The Labute approximate surface area is 121 Å². The lowest BCUT2D eigenvalue weighted by Crippen LogP contribution is -2.43. The molecule has 110 valence electrons. The Morgan fingerprint density at radius 3 is 2.80 bits per heavy atom. The Balaban J connectivity index is 2.03. The van der Waals surface area contributed by atoms with Crippen LogP contribution in [0.15, 0.2) is 18.2 Å². The van der Waals surface area contributed by atoms with Crippen molar-refractivity contribution in [1.29, 1.82) is 0 Å². The molecular formula is C17H25NO2. The van der Waals surface area contributed by atoms with E-state index in [9.17, 15) is 4.79 Å². The van der Waals surface area contributed by atoms with Crippen LogP contribution in [0.3, 0.4) is 0 Å². The molecule has 3 heteroatoms. The predicted octanol–water partition coefficient (Wildman–Crippen LogP) is 2.72. The minimum absolute atomic E-state index is 0.193. The van der Waals surface area contributed by atoms with Gasteiger partial charge in [-0.25, -0.2) is 0 Å². The maximum Gasteiger partial charge on any atom is 0.176 e. The van der Waals surface area contributed by atoms with E-state index < -0.39 is 0 Å². The maximum absolute atomic E-state index is 12.4. The second-order valence-electron chi connectivity index (χ2n) is 5.85. The molecule has 0 amide bonds. The monoisotopic (exact) mass is 275 g/mol. The first-order valence-corrected chi connectivity index (χ1v) is 7.57. The van der Waals surface area contributed by atoms with Crippen LogP contribution in [-0.2, 0) is 0 Å². The molecule has 20 heavy (non-hydrogen) atoms. The number of likely N-dealkylation sites (tertiary alicyclic amines) is 1. The van der Waals surface area contributed by atoms with Crippen molar-refractivity contribution in [2.45, 2.75) is 45.6 Å². The molecule has 1 fully saturated rings. The van der Waals surface area contributed by atoms with Crippen molar-refractivity contribution >= 4 is 5.78 Å². The fraction of sp³-hybridized carbons (Fsp3) is 0.588. The van der Waals surface area contributed by atoms with E-state index >= 15 is 0 Å². The highest BCUT2D eigenvalue weighted by Gasteiger charge is 2.24. The minimum atomic E-state index is 0.193. The van der Waals surface area contributed by atoms with E-state index in [0.29, 0.717) is 12.6 Å². The van der Waals surface area contributed by atoms with Crippen LogP contribution in [0.25, 0.3) is 0 Å². The zero-order valence-electron chi connectivity index (χ0n) is 12.6. The maximum atomic E-state index is 12.4. The summed E-state index contributed by atoms with van der Waals surface area (Å²) in [6.45, 7) is 5.76. The summed E-state index contributed by atoms with van der Waals surface area (Å²) in [5, 5.41) is 9.14. The van der Waals surface area contributed by atoms with Gasteiger partial charge in [0.05, 0.1) is 6.54 Å². The SMILES string of the molecule is Cc1ccc(C(=O)CN2CCCCC2CCO)cc1C. The van der Waals surface area contributed by atoms with Crippen molar-refractivity contribution < 1.29 is 9.90 Å². The highest BCUT2D eigenvalue weighted by atomic mass is 16.3. The number of carbonyl (C=O) groups excluding carboxylic acids is 1. The molecule has 1 aromatic rings. The van der Waals surface area contributed by atoms with Gasteiger partial charge in [-0.1, -0.05) is 18.6 Å². The van der Waals surface area contributed by atoms with E-state index in [1.54, 1.807) is 0 Å². The number of hydrogen-bond donors (Lipinski definition) is 1. The smallest absolute Gasteiger partial charge is 0.176 e. The van der Waals surface area contributed by atoms with Crippen molar-refractivity contribution in [2.75, 3.05) is 19.7 Å². The van der Waals surface area contributed by atoms with Gasteiger partial charge in [0.2, 0.25) is 0 Å². The van der Waals surface area contributed by atoms with Crippen LogP contribution in [0.5, 0.6) is 0 Å². The van der Waals surface area contributed by atoms with Crippen LogP contribution in [0.1, 0.15) is 47.2 Å². The Morgan fingerprint density at radius 1 is 1.30 bits per heavy atom. The highest BCUT2D eigenvalue weighted by molar-refractivity contribution is 5.97. The van der Waals surface area contributed by atoms with E-state index in [2.05, 4.69) is 11.8 Å². The van der Waals surface area contributed by atoms with Crippen molar-refractivity contribution in [2.24, 2.45) is 0 Å². The largest absolute Gasteiger partial charge is 0.396 e. The minimum Gasteiger partial charge on any atom is -0.396 e. The molecule has 2 rings (SSSR count). The standard InChI is InChI=1S/C17H25NO2/c1-13-6-7-15(11-14(13)2)17(20)12-18-9-4-3-5-16(18)8-10-19/h6-7,11,16,19H,3-5,8-10,12H2,1-2H3. The molecule has 1 heterocycles. The number of hydrogen-bond acceptors (Lipinski definition) is 3. The van der Waals surface area contributed by atoms with Gasteiger partial charge in [-0.3, -0.25) is 9.69 Å². The summed E-state index contributed by atoms with van der Waals surface area (Å²) in [6.07, 6.45) is 4.24. The first-order chi connectivity index (χ1) is 9.61. The second-order valence-corrected chi connectivity index (χ2v) is 5.85. The van der Waals surface area contributed by atoms with Crippen LogP contribution < -0.4 is 0 Å². The third-order valence-corrected chi connectivity index (χ3v) is 4.39. The molecule has 1 unspecified atom stereocenters. The predicted molar refractivity (Wildman–Crippen MR) is 81.2 cm³/mol. The lowest BCUT2D eigenvalue weighted by molar-refractivity contribution is 0.0799. The number of ketones is 1. The van der Waals surface area contributed by atoms with Gasteiger partial charge in [-0.05, 0) is 56.8 Å². The summed E-state index contributed by atoms with van der Waals surface area (Å²) < 4.78 is 0. The highest BCUT2D eigenvalue weighted by Crippen LogP contribution is 2.20. The van der Waals surface area contributed by atoms with Crippen LogP contribution >= 0.6 is 0 Å². The van der Waals surface area contributed by atoms with Crippen molar-refractivity contribution in [1.82, 2.24) is 4.90 Å². The summed E-state index contributed by atoms with van der Waals surface area (Å²) in [5.74, 6) is 0.193. The van der Waals surface area contributed by atoms with Crippen molar-refractivity contribution in [3.63, 3.8) is 0 Å². The lowest BCUT2D eigenvalue weighted by Gasteiger charge is -2.35. The third kappa shape index (κ3) is 3.68. The molecule has 1 atom stereocenters. The summed E-state index contributed by atoms with van der Waals surface area (Å²) >= 11 is 0. The second kappa shape index (κ2) is 7.00. The molecule has 1 N–H and O–H groups in total. The average molecular weight is 275 g/mol. The van der Waals surface area contributed by atoms with Gasteiger partial charge in [0, 0.05) is 18.2 Å². The molecule has 0 saturated carbocycles. The molecule has 0 spiro atoms. The van der Waals surface area contributed by atoms with Crippen LogP contribution in [0, 0.1) is 13.8 Å². The van der Waals surface area contributed by atoms with Gasteiger partial charge in [0.1, 0.15) is 0 Å². The van der Waals surface area contributed by atoms with E-state index in [1.165, 1.54) is 17.5 Å². The number of nitrogens with zero attached hydrogens (tertiary/aromatic N) is 1. The molecule has 1 aliphatic heterocycles. The first-order valence-electron chi connectivity index (χ1n) is 7.57. The number of aryl methyl sites for hydroxylation is 2. The molecule has 0 radical (unpaired) electrons. The average Bonchev–Trinajstić information content (AvgIpc) is 2.44. The van der Waals surface area contributed by atoms with Crippen LogP contribution in [-0.4, -0.2) is 41.5 Å². The third-order valence-electron chi connectivity index (χ3n) is 4.39. The summed E-state index contributed by atoms with van der Waals surface area (Å²) in [5.41, 5.74) is 3.19. The summed E-state index contributed by atoms with van der Waals surface area (Å²) in [7, 11) is 0. The number of Topliss-reactive ketones (excluding diaryl/α,β-unsaturated/α-hetero) is 1. The van der Waals surface area contributed by atoms with E-state index in [4.69, 9.17) is 5.11 Å². The number of aliphatic hydroxyl groups excluding tert-OH is 1. The van der Waals surface area contributed by atoms with Crippen LogP contribution in [0.2, 0.25) is 0 Å². The lowest BCUT2D eigenvalue weighted by atomic mass is 9.98. The molecule has 0 aromatic heterocycles. The number of rotatable bonds is 5. The number of aliphatic hydroxyl groups is 1. The topological polar surface area (TPSA) is 40.5 Å². The van der Waals surface area contributed by atoms with Gasteiger partial charge < -0.3 is 5.11 Å². The Bertz CT molecular complexity index is 468. The molecule has 3 nitrogen and oxygen atoms in total. The number of carbonyl (C=O) groups is 1. The summed E-state index contributed by atoms with van der Waals surface area (Å²) in [4.78, 5) is 14.7. The van der Waals surface area contributed by atoms with Gasteiger partial charge in [-0.2, -0.15) is 0 Å². The van der Waals surface area contributed by atoms with Gasteiger partial charge in [0.25, 0.3) is 0 Å². The molecule has 1 aliphatic rings. The quantitative estimate of drug-likeness (QED) is 0.840. The van der Waals surface area contributed by atoms with Gasteiger partial charge in [0.15, 0.2) is 5.78 Å². The van der Waals surface area contributed by atoms with E-state index in [-0.39, 0.29) is 12.4 Å². The zero-order chi connectivity index (χ0) is 14.5. The molecule has 1 aromatic carbocycles. The fourth-order valence-electron chi connectivity index (χ4n) is 2.93. The van der Waals surface area contributed by atoms with E-state index in [0.717, 1.165) is 31.4 Å². The molecule has 1 saturated heterocycles. The first kappa shape index (κ1) is 15.2. The number of benzene rings is 1. The van der Waals surface area contributed by atoms with Gasteiger partial charge in [-0.15, -0.1) is 0 Å². The Morgan fingerprint density at radius 2 is 2.10 bits per heavy atom. The normalized spacial score (nSPS) is 20.1. The number of piperidine rings is 1. The van der Waals surface area contributed by atoms with Crippen molar-refractivity contribution in [3.05, 3.63) is 34.9 Å². The van der Waals surface area contributed by atoms with Crippen LogP contribution in [0.4, 0.5) is 0 Å². The molecule has 0 bridgehead atoms. The Hall–Kier alpha value is -1.19. The fourth-order valence-corrected chi connectivity index (χ4v) is 2.93. The van der Waals surface area contributed by atoms with Gasteiger partial charge >= 0.3 is 0 Å². The summed E-state index contributed by atoms with van der Waals surface area (Å²) in [6, 6.07) is 6.30. The molecule has 0 aliphatic carbocycles. The Kier molecular flexibility index (Phi) is 5.32. The van der Waals surface area contributed by atoms with E-state index in [1.807, 2.05) is 25.1 Å². The van der Waals surface area contributed by atoms with Crippen molar-refractivity contribution in [3.8, 4) is 0 Å².